The highest BCUT2D eigenvalue weighted by atomic mass is 35.5. The van der Waals surface area contributed by atoms with Gasteiger partial charge in [-0.25, -0.2) is 9.07 Å². The summed E-state index contributed by atoms with van der Waals surface area (Å²) in [5, 5.41) is 37.2. The molecule has 1 fully saturated rings. The molecule has 6 rings (SSSR count). The number of nitrogens with one attached hydrogen (secondary N) is 2. The predicted octanol–water partition coefficient (Wildman–Crippen LogP) is 8.02. The van der Waals surface area contributed by atoms with E-state index in [1.807, 2.05) is 35.1 Å². The first-order valence-electron chi connectivity index (χ1n) is 15.4. The summed E-state index contributed by atoms with van der Waals surface area (Å²) in [6.45, 7) is 8.50. The second kappa shape index (κ2) is 13.5. The molecule has 3 heterocycles. The summed E-state index contributed by atoms with van der Waals surface area (Å²) < 4.78 is 15.8. The van der Waals surface area contributed by atoms with Crippen molar-refractivity contribution in [1.29, 1.82) is 5.26 Å². The van der Waals surface area contributed by atoms with Gasteiger partial charge in [0, 0.05) is 40.9 Å². The summed E-state index contributed by atoms with van der Waals surface area (Å²) in [6.07, 6.45) is 5.38. The van der Waals surface area contributed by atoms with Crippen molar-refractivity contribution in [1.82, 2.24) is 24.9 Å². The molecule has 3 aromatic carbocycles. The maximum absolute atomic E-state index is 13.9. The molecule has 1 saturated heterocycles. The quantitative estimate of drug-likeness (QED) is 0.152. The number of nitriles is 1. The van der Waals surface area contributed by atoms with Crippen molar-refractivity contribution in [2.45, 2.75) is 57.8 Å². The summed E-state index contributed by atoms with van der Waals surface area (Å²) >= 11 is 12.7. The van der Waals surface area contributed by atoms with Crippen LogP contribution in [-0.2, 0) is 6.61 Å². The Morgan fingerprint density at radius 3 is 2.57 bits per heavy atom. The maximum Gasteiger partial charge on any atom is 0.141 e. The van der Waals surface area contributed by atoms with E-state index in [4.69, 9.17) is 23.2 Å². The molecule has 12 heteroatoms. The number of hydrogen-bond acceptors (Lipinski definition) is 8. The zero-order valence-electron chi connectivity index (χ0n) is 26.3. The van der Waals surface area contributed by atoms with Crippen molar-refractivity contribution < 1.29 is 9.50 Å². The van der Waals surface area contributed by atoms with Crippen molar-refractivity contribution in [3.63, 3.8) is 0 Å². The highest BCUT2D eigenvalue weighted by molar-refractivity contribution is 6.32. The highest BCUT2D eigenvalue weighted by Gasteiger charge is 2.29. The van der Waals surface area contributed by atoms with Gasteiger partial charge >= 0.3 is 0 Å². The van der Waals surface area contributed by atoms with Gasteiger partial charge in [-0.05, 0) is 75.1 Å². The smallest absolute Gasteiger partial charge is 0.141 e. The largest absolute Gasteiger partial charge is 0.392 e. The zero-order chi connectivity index (χ0) is 33.3. The number of pyridine rings is 1. The Labute approximate surface area is 282 Å². The van der Waals surface area contributed by atoms with Crippen LogP contribution in [0.2, 0.25) is 10.0 Å². The minimum atomic E-state index is -0.548. The third-order valence-electron chi connectivity index (χ3n) is 8.69. The van der Waals surface area contributed by atoms with E-state index in [9.17, 15) is 14.8 Å². The first kappa shape index (κ1) is 32.7. The van der Waals surface area contributed by atoms with Gasteiger partial charge < -0.3 is 15.7 Å². The first-order chi connectivity index (χ1) is 22.5. The molecule has 0 unspecified atom stereocenters. The van der Waals surface area contributed by atoms with E-state index in [-0.39, 0.29) is 28.8 Å². The van der Waals surface area contributed by atoms with Crippen molar-refractivity contribution >= 4 is 51.2 Å². The molecule has 47 heavy (non-hydrogen) atoms. The third kappa shape index (κ3) is 6.90. The molecule has 5 aromatic rings. The van der Waals surface area contributed by atoms with E-state index in [1.165, 1.54) is 24.4 Å². The fraction of sp³-hybridized carbons (Fsp3) is 0.314. The van der Waals surface area contributed by atoms with Gasteiger partial charge in [0.05, 0.1) is 52.4 Å². The van der Waals surface area contributed by atoms with Gasteiger partial charge in [0.2, 0.25) is 0 Å². The van der Waals surface area contributed by atoms with E-state index < -0.39 is 11.9 Å². The molecule has 0 aliphatic carbocycles. The van der Waals surface area contributed by atoms with Gasteiger partial charge in [-0.3, -0.25) is 9.88 Å². The molecule has 0 spiro atoms. The summed E-state index contributed by atoms with van der Waals surface area (Å²) in [4.78, 5) is 7.14. The van der Waals surface area contributed by atoms with Gasteiger partial charge in [-0.2, -0.15) is 5.26 Å². The van der Waals surface area contributed by atoms with Gasteiger partial charge in [-0.1, -0.05) is 52.7 Å². The lowest BCUT2D eigenvalue weighted by Gasteiger charge is -2.40. The Hall–Kier alpha value is -4.27. The van der Waals surface area contributed by atoms with Crippen LogP contribution in [0.3, 0.4) is 0 Å². The van der Waals surface area contributed by atoms with E-state index in [0.717, 1.165) is 37.1 Å². The SMILES string of the molecule is CC(C)(C)N1CCC(n2cc([C@@H](Nc3cc(Cl)cc4c(Nc5ccc(F)c(Cl)c5)c(C#N)cnc34)c3ccccc3CO)nn2)CC1. The number of fused-ring (bicyclic) bond motifs is 1. The van der Waals surface area contributed by atoms with Crippen LogP contribution in [0.5, 0.6) is 0 Å². The summed E-state index contributed by atoms with van der Waals surface area (Å²) in [7, 11) is 0. The number of anilines is 3. The lowest BCUT2D eigenvalue weighted by molar-refractivity contribution is 0.0866. The minimum absolute atomic E-state index is 0.0505. The number of halogens is 3. The molecule has 2 aromatic heterocycles. The molecule has 0 amide bonds. The molecule has 0 radical (unpaired) electrons. The van der Waals surface area contributed by atoms with Gasteiger partial charge in [0.25, 0.3) is 0 Å². The normalized spacial score (nSPS) is 15.0. The van der Waals surface area contributed by atoms with Crippen LogP contribution in [-0.4, -0.2) is 48.6 Å². The number of nitrogens with zero attached hydrogens (tertiary/aromatic N) is 6. The molecule has 0 saturated carbocycles. The minimum Gasteiger partial charge on any atom is -0.392 e. The number of aromatic nitrogens is 4. The zero-order valence-corrected chi connectivity index (χ0v) is 27.8. The van der Waals surface area contributed by atoms with E-state index >= 15 is 0 Å². The second-order valence-electron chi connectivity index (χ2n) is 12.7. The Morgan fingerprint density at radius 1 is 1.11 bits per heavy atom. The van der Waals surface area contributed by atoms with Crippen molar-refractivity contribution in [2.75, 3.05) is 23.7 Å². The maximum atomic E-state index is 13.9. The average Bonchev–Trinajstić information content (AvgIpc) is 3.55. The summed E-state index contributed by atoms with van der Waals surface area (Å²) in [5.74, 6) is -0.548. The molecule has 9 nitrogen and oxygen atoms in total. The Kier molecular flexibility index (Phi) is 9.35. The average molecular weight is 674 g/mol. The number of benzene rings is 3. The van der Waals surface area contributed by atoms with E-state index in [1.54, 1.807) is 12.1 Å². The first-order valence-corrected chi connectivity index (χ1v) is 16.2. The Bertz CT molecular complexity index is 1960. The third-order valence-corrected chi connectivity index (χ3v) is 9.20. The number of aliphatic hydroxyl groups is 1. The molecular formula is C35H35Cl2FN8O. The Morgan fingerprint density at radius 2 is 1.87 bits per heavy atom. The Balaban J connectivity index is 1.40. The highest BCUT2D eigenvalue weighted by Crippen LogP contribution is 2.38. The van der Waals surface area contributed by atoms with Gasteiger partial charge in [-0.15, -0.1) is 5.10 Å². The lowest BCUT2D eigenvalue weighted by atomic mass is 9.97. The molecule has 1 aliphatic heterocycles. The van der Waals surface area contributed by atoms with E-state index in [2.05, 4.69) is 57.7 Å². The van der Waals surface area contributed by atoms with E-state index in [0.29, 0.717) is 38.7 Å². The number of piperidine rings is 1. The van der Waals surface area contributed by atoms with Crippen molar-refractivity contribution in [3.05, 3.63) is 105 Å². The summed E-state index contributed by atoms with van der Waals surface area (Å²) in [6, 6.07) is 17.2. The van der Waals surface area contributed by atoms with Crippen LogP contribution >= 0.6 is 23.2 Å². The summed E-state index contributed by atoms with van der Waals surface area (Å²) in [5.41, 5.74) is 4.69. The lowest BCUT2D eigenvalue weighted by Crippen LogP contribution is -2.46. The second-order valence-corrected chi connectivity index (χ2v) is 13.6. The van der Waals surface area contributed by atoms with Gasteiger partial charge in [0.15, 0.2) is 0 Å². The molecule has 0 bridgehead atoms. The molecule has 1 atom stereocenters. The fourth-order valence-corrected chi connectivity index (χ4v) is 6.54. The number of likely N-dealkylation sites (tertiary alicyclic amines) is 1. The van der Waals surface area contributed by atoms with Crippen LogP contribution < -0.4 is 10.6 Å². The molecule has 3 N–H and O–H groups in total. The number of aliphatic hydroxyl groups excluding tert-OH is 1. The van der Waals surface area contributed by atoms with Crippen LogP contribution in [0.4, 0.5) is 21.5 Å². The van der Waals surface area contributed by atoms with Crippen LogP contribution in [0.1, 0.15) is 68.1 Å². The van der Waals surface area contributed by atoms with Crippen molar-refractivity contribution in [2.24, 2.45) is 0 Å². The molecule has 242 valence electrons. The predicted molar refractivity (Wildman–Crippen MR) is 184 cm³/mol. The fourth-order valence-electron chi connectivity index (χ4n) is 6.14. The topological polar surface area (TPSA) is 115 Å². The molecular weight excluding hydrogens is 638 g/mol. The van der Waals surface area contributed by atoms with Crippen molar-refractivity contribution in [3.8, 4) is 6.07 Å². The number of rotatable bonds is 8. The van der Waals surface area contributed by atoms with Crippen LogP contribution in [0, 0.1) is 17.1 Å². The van der Waals surface area contributed by atoms with Crippen LogP contribution in [0.15, 0.2) is 67.0 Å². The van der Waals surface area contributed by atoms with Gasteiger partial charge in [0.1, 0.15) is 17.6 Å². The van der Waals surface area contributed by atoms with Crippen LogP contribution in [0.25, 0.3) is 10.9 Å². The monoisotopic (exact) mass is 672 g/mol. The number of hydrogen-bond donors (Lipinski definition) is 3. The molecule has 1 aliphatic rings. The standard InChI is InChI=1S/C35H35Cl2FN8O/c1-35(2,3)45-12-10-25(11-13-45)46-19-31(43-44-46)34(26-7-5-4-6-21(26)20-47)42-30-15-23(36)14-27-32(22(17-39)18-40-33(27)30)41-24-8-9-29(38)28(37)16-24/h4-9,14-16,18-19,25,34,42,47H,10-13,20H2,1-3H3,(H,40,41)/t34-/m0/s1.